The van der Waals surface area contributed by atoms with Gasteiger partial charge >= 0.3 is 12.1 Å². The Morgan fingerprint density at radius 3 is 1.61 bits per heavy atom. The number of nitrogens with two attached hydrogens (primary N) is 1. The Balaban J connectivity index is 1.31. The van der Waals surface area contributed by atoms with E-state index in [1.54, 1.807) is 0 Å². The van der Waals surface area contributed by atoms with Crippen LogP contribution >= 0.6 is 0 Å². The Bertz CT molecular complexity index is 1690. The number of nitrogens with one attached hydrogen (secondary N) is 3. The molecule has 254 valence electrons. The molecule has 0 spiro atoms. The first-order chi connectivity index (χ1) is 23.8. The molecule has 0 heterocycles. The Labute approximate surface area is 286 Å². The molecular weight excluding hydrogens is 620 g/mol. The van der Waals surface area contributed by atoms with Crippen LogP contribution in [-0.2, 0) is 32.0 Å². The number of amides is 3. The first-order valence-electron chi connectivity index (χ1n) is 16.6. The van der Waals surface area contributed by atoms with Crippen LogP contribution in [0.25, 0.3) is 11.1 Å². The van der Waals surface area contributed by atoms with Gasteiger partial charge in [-0.25, -0.2) is 9.59 Å². The van der Waals surface area contributed by atoms with E-state index in [1.807, 2.05) is 97.1 Å². The third kappa shape index (κ3) is 9.33. The number of aliphatic carboxylic acids is 1. The van der Waals surface area contributed by atoms with Gasteiger partial charge in [0.1, 0.15) is 24.7 Å². The molecule has 0 saturated heterocycles. The summed E-state index contributed by atoms with van der Waals surface area (Å²) in [5.74, 6) is -2.58. The smallest absolute Gasteiger partial charge is 0.407 e. The maximum absolute atomic E-state index is 13.9. The number of carbonyl (C=O) groups excluding carboxylic acids is 3. The van der Waals surface area contributed by atoms with Gasteiger partial charge in [0.15, 0.2) is 0 Å². The van der Waals surface area contributed by atoms with Crippen LogP contribution in [0.4, 0.5) is 4.79 Å². The Kier molecular flexibility index (Phi) is 12.1. The zero-order valence-electron chi connectivity index (χ0n) is 27.2. The van der Waals surface area contributed by atoms with E-state index in [2.05, 4.69) is 28.1 Å². The lowest BCUT2D eigenvalue weighted by molar-refractivity contribution is -0.142. The summed E-state index contributed by atoms with van der Waals surface area (Å²) in [6.45, 7) is 0.478. The fourth-order valence-electron chi connectivity index (χ4n) is 6.20. The number of hydrogen-bond acceptors (Lipinski definition) is 6. The number of alkyl carbamates (subject to hydrolysis) is 1. The zero-order valence-corrected chi connectivity index (χ0v) is 27.2. The third-order valence-electron chi connectivity index (χ3n) is 8.71. The largest absolute Gasteiger partial charge is 0.480 e. The molecule has 4 aromatic carbocycles. The third-order valence-corrected chi connectivity index (χ3v) is 8.71. The first-order valence-corrected chi connectivity index (χ1v) is 16.6. The van der Waals surface area contributed by atoms with Gasteiger partial charge in [0.2, 0.25) is 11.8 Å². The molecule has 10 heteroatoms. The van der Waals surface area contributed by atoms with E-state index in [-0.39, 0.29) is 31.8 Å². The minimum atomic E-state index is -1.17. The van der Waals surface area contributed by atoms with E-state index in [1.165, 1.54) is 0 Å². The number of fused-ring (bicyclic) bond motifs is 3. The van der Waals surface area contributed by atoms with Gasteiger partial charge in [0, 0.05) is 18.8 Å². The van der Waals surface area contributed by atoms with Crippen LogP contribution in [0.15, 0.2) is 109 Å². The summed E-state index contributed by atoms with van der Waals surface area (Å²) >= 11 is 0. The summed E-state index contributed by atoms with van der Waals surface area (Å²) in [5, 5.41) is 17.9. The number of benzene rings is 4. The maximum atomic E-state index is 13.9. The molecule has 3 atom stereocenters. The number of carbonyl (C=O) groups is 4. The summed E-state index contributed by atoms with van der Waals surface area (Å²) in [6, 6.07) is 31.0. The van der Waals surface area contributed by atoms with Crippen LogP contribution in [0.3, 0.4) is 0 Å². The molecule has 0 radical (unpaired) electrons. The summed E-state index contributed by atoms with van der Waals surface area (Å²) in [6.07, 6.45) is 0.806. The van der Waals surface area contributed by atoms with E-state index in [9.17, 15) is 24.3 Å². The topological polar surface area (TPSA) is 160 Å². The minimum absolute atomic E-state index is 0.0688. The van der Waals surface area contributed by atoms with Crippen molar-refractivity contribution < 1.29 is 29.0 Å². The van der Waals surface area contributed by atoms with Crippen LogP contribution in [0, 0.1) is 0 Å². The average molecular weight is 663 g/mol. The normalized spacial score (nSPS) is 13.7. The van der Waals surface area contributed by atoms with E-state index in [0.29, 0.717) is 19.4 Å². The predicted molar refractivity (Wildman–Crippen MR) is 187 cm³/mol. The highest BCUT2D eigenvalue weighted by molar-refractivity contribution is 5.93. The van der Waals surface area contributed by atoms with Crippen molar-refractivity contribution in [3.8, 4) is 11.1 Å². The first kappa shape index (κ1) is 34.8. The highest BCUT2D eigenvalue weighted by Gasteiger charge is 2.32. The highest BCUT2D eigenvalue weighted by atomic mass is 16.5. The average Bonchev–Trinajstić information content (AvgIpc) is 3.44. The lowest BCUT2D eigenvalue weighted by atomic mass is 9.98. The number of carboxylic acids is 1. The molecule has 1 aliphatic carbocycles. The molecule has 10 nitrogen and oxygen atoms in total. The summed E-state index contributed by atoms with van der Waals surface area (Å²) in [4.78, 5) is 52.8. The van der Waals surface area contributed by atoms with E-state index in [0.717, 1.165) is 33.4 Å². The van der Waals surface area contributed by atoms with Crippen LogP contribution in [0.1, 0.15) is 47.4 Å². The molecule has 0 fully saturated rings. The highest BCUT2D eigenvalue weighted by Crippen LogP contribution is 2.44. The predicted octanol–water partition coefficient (Wildman–Crippen LogP) is 4.56. The molecule has 6 N–H and O–H groups in total. The fourth-order valence-corrected chi connectivity index (χ4v) is 6.20. The molecule has 49 heavy (non-hydrogen) atoms. The van der Waals surface area contributed by atoms with Gasteiger partial charge in [0.05, 0.1) is 0 Å². The van der Waals surface area contributed by atoms with Gasteiger partial charge in [-0.1, -0.05) is 109 Å². The van der Waals surface area contributed by atoms with Crippen molar-refractivity contribution in [3.63, 3.8) is 0 Å². The molecule has 3 amide bonds. The number of rotatable bonds is 16. The molecule has 0 saturated carbocycles. The van der Waals surface area contributed by atoms with E-state index in [4.69, 9.17) is 10.5 Å². The molecule has 0 aromatic heterocycles. The van der Waals surface area contributed by atoms with Gasteiger partial charge in [0.25, 0.3) is 0 Å². The van der Waals surface area contributed by atoms with Gasteiger partial charge in [-0.05, 0) is 59.2 Å². The number of carboxylic acid groups (broad SMARTS) is 1. The Morgan fingerprint density at radius 2 is 1.10 bits per heavy atom. The lowest BCUT2D eigenvalue weighted by Crippen LogP contribution is -2.57. The maximum Gasteiger partial charge on any atom is 0.407 e. The summed E-state index contributed by atoms with van der Waals surface area (Å²) < 4.78 is 5.75. The van der Waals surface area contributed by atoms with Gasteiger partial charge in [-0.3, -0.25) is 9.59 Å². The standard InChI is InChI=1S/C39H42N4O6/c40-22-12-11-21-33(38(46)47)41-36(44)34(23-26-13-3-1-4-14-26)42-37(45)35(24-27-15-5-2-6-16-27)43-39(48)49-25-32-30-19-9-7-17-28(30)29-18-8-10-20-31(29)32/h1-10,13-20,32-35H,11-12,21-25,40H2,(H,41,44)(H,42,45)(H,43,48)(H,46,47)/t33-,34+,35-/m0/s1. The zero-order chi connectivity index (χ0) is 34.6. The van der Waals surface area contributed by atoms with Crippen molar-refractivity contribution in [2.45, 2.75) is 56.1 Å². The molecular formula is C39H42N4O6. The molecule has 0 aliphatic heterocycles. The van der Waals surface area contributed by atoms with Crippen molar-refractivity contribution >= 4 is 23.9 Å². The number of ether oxygens (including phenoxy) is 1. The van der Waals surface area contributed by atoms with Crippen molar-refractivity contribution in [2.24, 2.45) is 5.73 Å². The second-order valence-electron chi connectivity index (χ2n) is 12.1. The molecule has 5 rings (SSSR count). The minimum Gasteiger partial charge on any atom is -0.480 e. The van der Waals surface area contributed by atoms with Gasteiger partial charge < -0.3 is 31.5 Å². The SMILES string of the molecule is NCCCC[C@H](NC(=O)[C@@H](Cc1ccccc1)NC(=O)[C@H](Cc1ccccc1)NC(=O)OCC1c2ccccc2-c2ccccc21)C(=O)O. The summed E-state index contributed by atoms with van der Waals surface area (Å²) in [7, 11) is 0. The van der Waals surface area contributed by atoms with Crippen LogP contribution in [-0.4, -0.2) is 60.3 Å². The van der Waals surface area contributed by atoms with Crippen molar-refractivity contribution in [1.29, 1.82) is 0 Å². The second-order valence-corrected chi connectivity index (χ2v) is 12.1. The number of unbranched alkanes of at least 4 members (excludes halogenated alkanes) is 1. The lowest BCUT2D eigenvalue weighted by Gasteiger charge is -2.25. The van der Waals surface area contributed by atoms with Gasteiger partial charge in [-0.2, -0.15) is 0 Å². The van der Waals surface area contributed by atoms with Crippen molar-refractivity contribution in [3.05, 3.63) is 131 Å². The molecule has 0 bridgehead atoms. The monoisotopic (exact) mass is 662 g/mol. The molecule has 4 aromatic rings. The van der Waals surface area contributed by atoms with Crippen molar-refractivity contribution in [1.82, 2.24) is 16.0 Å². The van der Waals surface area contributed by atoms with E-state index >= 15 is 0 Å². The van der Waals surface area contributed by atoms with Crippen molar-refractivity contribution in [2.75, 3.05) is 13.2 Å². The molecule has 1 aliphatic rings. The fraction of sp³-hybridized carbons (Fsp3) is 0.282. The quantitative estimate of drug-likeness (QED) is 0.110. The van der Waals surface area contributed by atoms with Crippen LogP contribution < -0.4 is 21.7 Å². The second kappa shape index (κ2) is 17.1. The molecule has 0 unspecified atom stereocenters. The van der Waals surface area contributed by atoms with E-state index < -0.39 is 42.0 Å². The Hall–Kier alpha value is -5.48. The van der Waals surface area contributed by atoms with Gasteiger partial charge in [-0.15, -0.1) is 0 Å². The number of hydrogen-bond donors (Lipinski definition) is 5. The van der Waals surface area contributed by atoms with Crippen LogP contribution in [0.5, 0.6) is 0 Å². The Morgan fingerprint density at radius 1 is 0.633 bits per heavy atom. The van der Waals surface area contributed by atoms with Crippen LogP contribution in [0.2, 0.25) is 0 Å². The summed E-state index contributed by atoms with van der Waals surface area (Å²) in [5.41, 5.74) is 11.4.